The molecular formula is C13H15NO2S. The van der Waals surface area contributed by atoms with Gasteiger partial charge >= 0.3 is 0 Å². The molecule has 1 heterocycles. The van der Waals surface area contributed by atoms with Crippen molar-refractivity contribution < 1.29 is 9.47 Å². The molecule has 1 aliphatic rings. The summed E-state index contributed by atoms with van der Waals surface area (Å²) in [5, 5.41) is 0.895. The van der Waals surface area contributed by atoms with Crippen LogP contribution in [0.1, 0.15) is 6.92 Å². The number of aliphatic imine (C=N–C) groups is 1. The fourth-order valence-corrected chi connectivity index (χ4v) is 2.27. The number of fused-ring (bicyclic) bond motifs is 1. The van der Waals surface area contributed by atoms with Crippen molar-refractivity contribution >= 4 is 16.8 Å². The average Bonchev–Trinajstić information content (AvgIpc) is 2.35. The van der Waals surface area contributed by atoms with E-state index in [1.807, 2.05) is 31.2 Å². The summed E-state index contributed by atoms with van der Waals surface area (Å²) in [6.45, 7) is 6.31. The second-order valence-corrected chi connectivity index (χ2v) is 5.05. The molecule has 1 atom stereocenters. The molecule has 0 fully saturated rings. The first-order chi connectivity index (χ1) is 8.20. The van der Waals surface area contributed by atoms with Gasteiger partial charge in [0.15, 0.2) is 17.6 Å². The molecule has 0 N–H and O–H groups in total. The van der Waals surface area contributed by atoms with Crippen molar-refractivity contribution in [1.29, 1.82) is 0 Å². The van der Waals surface area contributed by atoms with Gasteiger partial charge in [-0.1, -0.05) is 30.5 Å². The smallest absolute Gasteiger partial charge is 0.180 e. The predicted molar refractivity (Wildman–Crippen MR) is 72.1 cm³/mol. The summed E-state index contributed by atoms with van der Waals surface area (Å²) in [6, 6.07) is 7.67. The summed E-state index contributed by atoms with van der Waals surface area (Å²) in [6.07, 6.45) is -0.142. The van der Waals surface area contributed by atoms with Gasteiger partial charge in [0.2, 0.25) is 0 Å². The Morgan fingerprint density at radius 1 is 1.41 bits per heavy atom. The van der Waals surface area contributed by atoms with Crippen LogP contribution in [-0.4, -0.2) is 24.8 Å². The second kappa shape index (κ2) is 5.27. The van der Waals surface area contributed by atoms with Gasteiger partial charge in [0.1, 0.15) is 11.7 Å². The molecule has 2 rings (SSSR count). The second-order valence-electron chi connectivity index (χ2n) is 3.73. The predicted octanol–water partition coefficient (Wildman–Crippen LogP) is 3.12. The topological polar surface area (TPSA) is 30.8 Å². The van der Waals surface area contributed by atoms with Crippen LogP contribution in [0.5, 0.6) is 11.5 Å². The van der Waals surface area contributed by atoms with Crippen LogP contribution in [0.25, 0.3) is 0 Å². The average molecular weight is 249 g/mol. The Labute approximate surface area is 106 Å². The molecule has 1 aromatic carbocycles. The fraction of sp³-hybridized carbons (Fsp3) is 0.308. The zero-order valence-electron chi connectivity index (χ0n) is 9.97. The molecule has 3 nitrogen and oxygen atoms in total. The lowest BCUT2D eigenvalue weighted by Crippen LogP contribution is -2.35. The van der Waals surface area contributed by atoms with Crippen molar-refractivity contribution in [3.8, 4) is 11.5 Å². The monoisotopic (exact) mass is 249 g/mol. The minimum absolute atomic E-state index is 0.142. The molecule has 1 aliphatic heterocycles. The molecule has 1 unspecified atom stereocenters. The molecule has 0 aliphatic carbocycles. The van der Waals surface area contributed by atoms with Gasteiger partial charge in [0.25, 0.3) is 0 Å². The highest BCUT2D eigenvalue weighted by Gasteiger charge is 2.25. The van der Waals surface area contributed by atoms with E-state index in [1.54, 1.807) is 7.05 Å². The van der Waals surface area contributed by atoms with Crippen molar-refractivity contribution in [2.45, 2.75) is 13.0 Å². The largest absolute Gasteiger partial charge is 0.485 e. The van der Waals surface area contributed by atoms with Gasteiger partial charge in [-0.25, -0.2) is 0 Å². The summed E-state index contributed by atoms with van der Waals surface area (Å²) < 4.78 is 11.5. The van der Waals surface area contributed by atoms with Crippen molar-refractivity contribution in [3.63, 3.8) is 0 Å². The zero-order valence-corrected chi connectivity index (χ0v) is 10.8. The molecule has 0 aromatic heterocycles. The number of para-hydroxylation sites is 2. The minimum Gasteiger partial charge on any atom is -0.485 e. The molecule has 0 saturated carbocycles. The molecule has 0 saturated heterocycles. The summed E-state index contributed by atoms with van der Waals surface area (Å²) in [5.74, 6) is 1.56. The van der Waals surface area contributed by atoms with Crippen molar-refractivity contribution in [1.82, 2.24) is 0 Å². The number of hydrogen-bond acceptors (Lipinski definition) is 4. The van der Waals surface area contributed by atoms with Gasteiger partial charge in [-0.3, -0.25) is 4.99 Å². The number of nitrogens with zero attached hydrogens (tertiary/aromatic N) is 1. The highest BCUT2D eigenvalue weighted by molar-refractivity contribution is 8.17. The van der Waals surface area contributed by atoms with Crippen LogP contribution in [0.3, 0.4) is 0 Å². The maximum absolute atomic E-state index is 5.87. The third-order valence-corrected chi connectivity index (χ3v) is 3.29. The lowest BCUT2D eigenvalue weighted by Gasteiger charge is -2.27. The van der Waals surface area contributed by atoms with Crippen molar-refractivity contribution in [3.05, 3.63) is 35.7 Å². The summed E-state index contributed by atoms with van der Waals surface area (Å²) in [4.78, 5) is 5.23. The van der Waals surface area contributed by atoms with Crippen LogP contribution in [0.15, 0.2) is 40.7 Å². The van der Waals surface area contributed by atoms with Crippen LogP contribution < -0.4 is 9.47 Å². The number of ether oxygens (including phenoxy) is 2. The molecule has 1 aromatic rings. The third kappa shape index (κ3) is 2.82. The van der Waals surface area contributed by atoms with Crippen LogP contribution >= 0.6 is 11.8 Å². The summed E-state index contributed by atoms with van der Waals surface area (Å²) in [7, 11) is 1.76. The van der Waals surface area contributed by atoms with E-state index in [9.17, 15) is 0 Å². The number of benzene rings is 1. The van der Waals surface area contributed by atoms with Gasteiger partial charge < -0.3 is 9.47 Å². The van der Waals surface area contributed by atoms with E-state index < -0.39 is 0 Å². The van der Waals surface area contributed by atoms with Gasteiger partial charge in [0, 0.05) is 7.05 Å². The first-order valence-electron chi connectivity index (χ1n) is 5.39. The molecule has 4 heteroatoms. The minimum atomic E-state index is -0.142. The molecule has 0 spiro atoms. The Kier molecular flexibility index (Phi) is 3.74. The summed E-state index contributed by atoms with van der Waals surface area (Å²) >= 11 is 1.53. The number of rotatable bonds is 2. The Balaban J connectivity index is 2.14. The Morgan fingerprint density at radius 3 is 2.76 bits per heavy atom. The van der Waals surface area contributed by atoms with Crippen molar-refractivity contribution in [2.24, 2.45) is 4.99 Å². The van der Waals surface area contributed by atoms with Gasteiger partial charge in [-0.2, -0.15) is 0 Å². The van der Waals surface area contributed by atoms with E-state index in [0.29, 0.717) is 6.61 Å². The van der Waals surface area contributed by atoms with E-state index in [2.05, 4.69) is 11.6 Å². The van der Waals surface area contributed by atoms with Gasteiger partial charge in [0.05, 0.1) is 0 Å². The SMILES string of the molecule is C=C(C)SC(=NC)C1COc2ccccc2O1. The zero-order chi connectivity index (χ0) is 12.3. The highest BCUT2D eigenvalue weighted by Crippen LogP contribution is 2.32. The maximum Gasteiger partial charge on any atom is 0.180 e. The first kappa shape index (κ1) is 12.0. The fourth-order valence-electron chi connectivity index (χ4n) is 1.58. The number of thioether (sulfide) groups is 1. The third-order valence-electron chi connectivity index (χ3n) is 2.28. The van der Waals surface area contributed by atoms with Crippen molar-refractivity contribution in [2.75, 3.05) is 13.7 Å². The highest BCUT2D eigenvalue weighted by atomic mass is 32.2. The van der Waals surface area contributed by atoms with E-state index in [0.717, 1.165) is 21.4 Å². The standard InChI is InChI=1S/C13H15NO2S/c1-9(2)17-13(14-3)12-8-15-10-6-4-5-7-11(10)16-12/h4-7,12H,1,8H2,2-3H3. The molecule has 17 heavy (non-hydrogen) atoms. The molecular weight excluding hydrogens is 234 g/mol. The number of hydrogen-bond donors (Lipinski definition) is 0. The van der Waals surface area contributed by atoms with Crippen LogP contribution in [0.2, 0.25) is 0 Å². The quantitative estimate of drug-likeness (QED) is 0.596. The first-order valence-corrected chi connectivity index (χ1v) is 6.21. The Morgan fingerprint density at radius 2 is 2.12 bits per heavy atom. The normalized spacial score (nSPS) is 18.9. The number of allylic oxidation sites excluding steroid dienone is 1. The molecule has 0 bridgehead atoms. The van der Waals surface area contributed by atoms with E-state index in [1.165, 1.54) is 11.8 Å². The van der Waals surface area contributed by atoms with E-state index >= 15 is 0 Å². The van der Waals surface area contributed by atoms with Crippen LogP contribution in [-0.2, 0) is 0 Å². The van der Waals surface area contributed by atoms with E-state index in [-0.39, 0.29) is 6.10 Å². The lowest BCUT2D eigenvalue weighted by molar-refractivity contribution is 0.137. The van der Waals surface area contributed by atoms with Gasteiger partial charge in [-0.05, 0) is 24.0 Å². The molecule has 90 valence electrons. The van der Waals surface area contributed by atoms with Gasteiger partial charge in [-0.15, -0.1) is 0 Å². The lowest BCUT2D eigenvalue weighted by atomic mass is 10.3. The van der Waals surface area contributed by atoms with E-state index in [4.69, 9.17) is 9.47 Å². The van der Waals surface area contributed by atoms with Crippen LogP contribution in [0.4, 0.5) is 0 Å². The molecule has 0 amide bonds. The maximum atomic E-state index is 5.87. The Bertz CT molecular complexity index is 456. The Hall–Kier alpha value is -1.42. The van der Waals surface area contributed by atoms with Crippen LogP contribution in [0, 0.1) is 0 Å². The molecule has 0 radical (unpaired) electrons. The summed E-state index contributed by atoms with van der Waals surface area (Å²) in [5.41, 5.74) is 0.